The van der Waals surface area contributed by atoms with Crippen LogP contribution in [0, 0.1) is 5.92 Å². The molecule has 0 atom stereocenters. The van der Waals surface area contributed by atoms with E-state index in [1.807, 2.05) is 10.7 Å². The minimum Gasteiger partial charge on any atom is -0.257 e. The first-order chi connectivity index (χ1) is 6.25. The first-order valence-electron chi connectivity index (χ1n) is 4.64. The molecule has 1 heterocycles. The number of rotatable bonds is 2. The molecule has 0 unspecified atom stereocenters. The van der Waals surface area contributed by atoms with Gasteiger partial charge in [-0.3, -0.25) is 4.68 Å². The van der Waals surface area contributed by atoms with Gasteiger partial charge in [0, 0.05) is 12.6 Å². The van der Waals surface area contributed by atoms with E-state index in [1.165, 1.54) is 25.7 Å². The van der Waals surface area contributed by atoms with Crippen LogP contribution in [0.25, 0.3) is 0 Å². The van der Waals surface area contributed by atoms with Gasteiger partial charge in [0.1, 0.15) is 9.21 Å². The Hall–Kier alpha value is 0.170. The molecule has 2 rings (SSSR count). The number of halogens is 2. The standard InChI is InChI=1S/C9H12Br2N2/c10-8-5-9(11)13(12-8)6-7-3-1-2-4-7/h5,7H,1-4,6H2. The van der Waals surface area contributed by atoms with Crippen molar-refractivity contribution in [3.8, 4) is 0 Å². The van der Waals surface area contributed by atoms with Gasteiger partial charge in [0.2, 0.25) is 0 Å². The van der Waals surface area contributed by atoms with Gasteiger partial charge in [-0.1, -0.05) is 12.8 Å². The van der Waals surface area contributed by atoms with Gasteiger partial charge in [0.25, 0.3) is 0 Å². The Kier molecular flexibility index (Phi) is 3.09. The fourth-order valence-electron chi connectivity index (χ4n) is 1.93. The molecule has 0 spiro atoms. The third kappa shape index (κ3) is 2.34. The second-order valence-corrected chi connectivity index (χ2v) is 5.25. The average Bonchev–Trinajstić information content (AvgIpc) is 2.63. The second-order valence-electron chi connectivity index (χ2n) is 3.62. The molecule has 1 aliphatic rings. The van der Waals surface area contributed by atoms with E-state index in [1.54, 1.807) is 0 Å². The molecule has 0 aliphatic heterocycles. The van der Waals surface area contributed by atoms with Crippen LogP contribution in [0.2, 0.25) is 0 Å². The fraction of sp³-hybridized carbons (Fsp3) is 0.667. The van der Waals surface area contributed by atoms with Gasteiger partial charge in [-0.25, -0.2) is 0 Å². The molecule has 2 nitrogen and oxygen atoms in total. The smallest absolute Gasteiger partial charge is 0.129 e. The lowest BCUT2D eigenvalue weighted by Gasteiger charge is -2.09. The molecular weight excluding hydrogens is 296 g/mol. The summed E-state index contributed by atoms with van der Waals surface area (Å²) in [6, 6.07) is 1.99. The Morgan fingerprint density at radius 2 is 2.08 bits per heavy atom. The van der Waals surface area contributed by atoms with Crippen LogP contribution < -0.4 is 0 Å². The van der Waals surface area contributed by atoms with Crippen molar-refractivity contribution in [2.24, 2.45) is 5.92 Å². The SMILES string of the molecule is Brc1cc(Br)n(CC2CCCC2)n1. The van der Waals surface area contributed by atoms with E-state index in [4.69, 9.17) is 0 Å². The van der Waals surface area contributed by atoms with Crippen LogP contribution in [0.5, 0.6) is 0 Å². The first kappa shape index (κ1) is 9.71. The summed E-state index contributed by atoms with van der Waals surface area (Å²) < 4.78 is 4.03. The lowest BCUT2D eigenvalue weighted by Crippen LogP contribution is -2.08. The highest BCUT2D eigenvalue weighted by Crippen LogP contribution is 2.27. The van der Waals surface area contributed by atoms with Gasteiger partial charge in [0.15, 0.2) is 0 Å². The van der Waals surface area contributed by atoms with Crippen molar-refractivity contribution in [3.63, 3.8) is 0 Å². The summed E-state index contributed by atoms with van der Waals surface area (Å²) >= 11 is 6.87. The van der Waals surface area contributed by atoms with Crippen LogP contribution in [-0.4, -0.2) is 9.78 Å². The van der Waals surface area contributed by atoms with Crippen molar-refractivity contribution >= 4 is 31.9 Å². The van der Waals surface area contributed by atoms with Crippen LogP contribution in [0.15, 0.2) is 15.3 Å². The van der Waals surface area contributed by atoms with E-state index >= 15 is 0 Å². The predicted octanol–water partition coefficient (Wildman–Crippen LogP) is 3.60. The molecule has 0 N–H and O–H groups in total. The maximum Gasteiger partial charge on any atom is 0.129 e. The topological polar surface area (TPSA) is 17.8 Å². The molecule has 1 saturated carbocycles. The summed E-state index contributed by atoms with van der Waals surface area (Å²) in [5, 5.41) is 4.36. The molecule has 1 aliphatic carbocycles. The highest BCUT2D eigenvalue weighted by atomic mass is 79.9. The molecule has 13 heavy (non-hydrogen) atoms. The predicted molar refractivity (Wildman–Crippen MR) is 59.6 cm³/mol. The Morgan fingerprint density at radius 1 is 1.38 bits per heavy atom. The molecule has 1 aromatic heterocycles. The highest BCUT2D eigenvalue weighted by Gasteiger charge is 2.16. The maximum atomic E-state index is 4.36. The van der Waals surface area contributed by atoms with E-state index in [0.29, 0.717) is 0 Å². The molecule has 0 radical (unpaired) electrons. The van der Waals surface area contributed by atoms with Crippen molar-refractivity contribution in [2.75, 3.05) is 0 Å². The zero-order valence-electron chi connectivity index (χ0n) is 7.34. The summed E-state index contributed by atoms with van der Waals surface area (Å²) in [6.45, 7) is 1.06. The fourth-order valence-corrected chi connectivity index (χ4v) is 3.09. The van der Waals surface area contributed by atoms with Gasteiger partial charge in [-0.2, -0.15) is 5.10 Å². The number of nitrogens with zero attached hydrogens (tertiary/aromatic N) is 2. The molecular formula is C9H12Br2N2. The summed E-state index contributed by atoms with van der Waals surface area (Å²) in [4.78, 5) is 0. The van der Waals surface area contributed by atoms with Gasteiger partial charge in [0.05, 0.1) is 0 Å². The Balaban J connectivity index is 2.03. The lowest BCUT2D eigenvalue weighted by molar-refractivity contribution is 0.423. The normalized spacial score (nSPS) is 18.3. The van der Waals surface area contributed by atoms with E-state index in [0.717, 1.165) is 21.7 Å². The van der Waals surface area contributed by atoms with Crippen LogP contribution in [0.3, 0.4) is 0 Å². The van der Waals surface area contributed by atoms with Crippen molar-refractivity contribution in [3.05, 3.63) is 15.3 Å². The molecule has 0 saturated heterocycles. The van der Waals surface area contributed by atoms with Crippen LogP contribution in [0.1, 0.15) is 25.7 Å². The van der Waals surface area contributed by atoms with E-state index in [-0.39, 0.29) is 0 Å². The second kappa shape index (κ2) is 4.13. The zero-order chi connectivity index (χ0) is 9.26. The Bertz CT molecular complexity index is 290. The van der Waals surface area contributed by atoms with E-state index in [9.17, 15) is 0 Å². The van der Waals surface area contributed by atoms with Crippen molar-refractivity contribution < 1.29 is 0 Å². The maximum absolute atomic E-state index is 4.36. The number of aromatic nitrogens is 2. The molecule has 1 fully saturated rings. The minimum atomic E-state index is 0.836. The number of hydrogen-bond acceptors (Lipinski definition) is 1. The van der Waals surface area contributed by atoms with Crippen LogP contribution in [0.4, 0.5) is 0 Å². The lowest BCUT2D eigenvalue weighted by atomic mass is 10.1. The zero-order valence-corrected chi connectivity index (χ0v) is 10.5. The molecule has 0 bridgehead atoms. The Morgan fingerprint density at radius 3 is 2.62 bits per heavy atom. The molecule has 0 aromatic carbocycles. The van der Waals surface area contributed by atoms with Gasteiger partial charge < -0.3 is 0 Å². The minimum absolute atomic E-state index is 0.836. The third-order valence-electron chi connectivity index (χ3n) is 2.61. The quantitative estimate of drug-likeness (QED) is 0.816. The van der Waals surface area contributed by atoms with Gasteiger partial charge >= 0.3 is 0 Å². The van der Waals surface area contributed by atoms with Crippen LogP contribution in [-0.2, 0) is 6.54 Å². The summed E-state index contributed by atoms with van der Waals surface area (Å²) in [5.41, 5.74) is 0. The summed E-state index contributed by atoms with van der Waals surface area (Å²) in [7, 11) is 0. The largest absolute Gasteiger partial charge is 0.257 e. The molecule has 4 heteroatoms. The molecule has 72 valence electrons. The summed E-state index contributed by atoms with van der Waals surface area (Å²) in [5.74, 6) is 0.836. The highest BCUT2D eigenvalue weighted by molar-refractivity contribution is 9.11. The van der Waals surface area contributed by atoms with E-state index < -0.39 is 0 Å². The van der Waals surface area contributed by atoms with Crippen molar-refractivity contribution in [1.82, 2.24) is 9.78 Å². The van der Waals surface area contributed by atoms with Crippen molar-refractivity contribution in [2.45, 2.75) is 32.2 Å². The first-order valence-corrected chi connectivity index (χ1v) is 6.23. The van der Waals surface area contributed by atoms with Crippen molar-refractivity contribution in [1.29, 1.82) is 0 Å². The monoisotopic (exact) mass is 306 g/mol. The van der Waals surface area contributed by atoms with Gasteiger partial charge in [-0.05, 0) is 50.6 Å². The van der Waals surface area contributed by atoms with Crippen LogP contribution >= 0.6 is 31.9 Å². The number of hydrogen-bond donors (Lipinski definition) is 0. The average molecular weight is 308 g/mol. The summed E-state index contributed by atoms with van der Waals surface area (Å²) in [6.07, 6.45) is 5.52. The van der Waals surface area contributed by atoms with Gasteiger partial charge in [-0.15, -0.1) is 0 Å². The van der Waals surface area contributed by atoms with E-state index in [2.05, 4.69) is 37.0 Å². The molecule has 1 aromatic rings. The molecule has 0 amide bonds. The third-order valence-corrected chi connectivity index (χ3v) is 3.63. The Labute approximate surface area is 95.0 Å².